The first-order chi connectivity index (χ1) is 31.3. The van der Waals surface area contributed by atoms with Crippen molar-refractivity contribution >= 4 is 39.2 Å². The van der Waals surface area contributed by atoms with E-state index in [9.17, 15) is 38.7 Å². The Morgan fingerprint density at radius 2 is 1.17 bits per heavy atom. The second-order valence-electron chi connectivity index (χ2n) is 17.7. The van der Waals surface area contributed by atoms with E-state index >= 15 is 0 Å². The number of hydrogen-bond donors (Lipinski definition) is 5. The third-order valence-corrected chi connectivity index (χ3v) is 15.5. The molecule has 1 aromatic heterocycles. The molecule has 1 aromatic rings. The number of unbranched alkanes of at least 4 members (excludes halogenated alkanes) is 27. The number of rotatable bonds is 43. The van der Waals surface area contributed by atoms with Crippen molar-refractivity contribution in [2.45, 2.75) is 237 Å². The van der Waals surface area contributed by atoms with Crippen LogP contribution in [0.3, 0.4) is 0 Å². The lowest BCUT2D eigenvalue weighted by molar-refractivity contribution is -0.149. The van der Waals surface area contributed by atoms with Gasteiger partial charge >= 0.3 is 27.3 Å². The molecule has 0 aromatic carbocycles. The zero-order valence-electron chi connectivity index (χ0n) is 39.8. The van der Waals surface area contributed by atoms with E-state index in [0.29, 0.717) is 6.42 Å². The number of carbonyl (C=O) groups is 1. The lowest BCUT2D eigenvalue weighted by Gasteiger charge is -2.21. The largest absolute Gasteiger partial charge is 0.481 e. The van der Waals surface area contributed by atoms with Gasteiger partial charge in [-0.2, -0.15) is 21.1 Å². The van der Waals surface area contributed by atoms with Crippen LogP contribution in [0.15, 0.2) is 17.1 Å². The average molecular weight is 984 g/mol. The van der Waals surface area contributed by atoms with Crippen molar-refractivity contribution in [1.82, 2.24) is 9.55 Å². The Morgan fingerprint density at radius 1 is 0.723 bits per heavy atom. The molecule has 1 saturated heterocycles. The molecule has 6 N–H and O–H groups in total. The summed E-state index contributed by atoms with van der Waals surface area (Å²) in [5.41, 5.74) is 4.63. The van der Waals surface area contributed by atoms with Crippen LogP contribution >= 0.6 is 27.4 Å². The van der Waals surface area contributed by atoms with E-state index in [4.69, 9.17) is 24.3 Å². The highest BCUT2D eigenvalue weighted by molar-refractivity contribution is 7.99. The third-order valence-electron chi connectivity index (χ3n) is 11.7. The zero-order valence-corrected chi connectivity index (χ0v) is 42.4. The van der Waals surface area contributed by atoms with Crippen LogP contribution < -0.4 is 11.4 Å². The van der Waals surface area contributed by atoms with Gasteiger partial charge in [-0.05, 0) is 24.7 Å². The number of esters is 1. The molecule has 2 heterocycles. The summed E-state index contributed by atoms with van der Waals surface area (Å²) in [6, 6.07) is 1.27. The minimum absolute atomic E-state index is 0.0768. The summed E-state index contributed by atoms with van der Waals surface area (Å²) >= 11 is 1.54. The van der Waals surface area contributed by atoms with Crippen molar-refractivity contribution in [2.75, 3.05) is 30.5 Å². The minimum atomic E-state index is -5.32. The smallest absolute Gasteiger partial charge is 0.459 e. The molecular weight excluding hydrogens is 897 g/mol. The first-order valence-electron chi connectivity index (χ1n) is 25.1. The van der Waals surface area contributed by atoms with E-state index < -0.39 is 71.2 Å². The molecule has 0 amide bonds. The number of aliphatic hydroxyl groups is 2. The molecule has 380 valence electrons. The molecular formula is C46H87N3O13P2S. The molecule has 16 nitrogen and oxygen atoms in total. The van der Waals surface area contributed by atoms with Gasteiger partial charge in [-0.25, -0.2) is 13.9 Å². The van der Waals surface area contributed by atoms with Crippen LogP contribution in [-0.4, -0.2) is 84.7 Å². The number of ether oxygens (including phenoxy) is 2. The van der Waals surface area contributed by atoms with Gasteiger partial charge in [0, 0.05) is 18.4 Å². The van der Waals surface area contributed by atoms with Gasteiger partial charge in [-0.1, -0.05) is 187 Å². The number of anilines is 1. The summed E-state index contributed by atoms with van der Waals surface area (Å²) in [6.45, 7) is 3.03. The van der Waals surface area contributed by atoms with Crippen LogP contribution in [0.1, 0.15) is 213 Å². The van der Waals surface area contributed by atoms with Gasteiger partial charge in [0.25, 0.3) is 0 Å². The highest BCUT2D eigenvalue weighted by atomic mass is 32.2. The predicted molar refractivity (Wildman–Crippen MR) is 259 cm³/mol. The maximum atomic E-state index is 12.9. The van der Waals surface area contributed by atoms with Crippen LogP contribution in [0.2, 0.25) is 0 Å². The average Bonchev–Trinajstić information content (AvgIpc) is 3.54. The van der Waals surface area contributed by atoms with Crippen molar-refractivity contribution in [1.29, 1.82) is 0 Å². The van der Waals surface area contributed by atoms with Crippen molar-refractivity contribution in [3.63, 3.8) is 0 Å². The number of aliphatic hydroxyl groups excluding tert-OH is 2. The Kier molecular flexibility index (Phi) is 33.7. The van der Waals surface area contributed by atoms with Gasteiger partial charge in [-0.15, -0.1) is 0 Å². The Morgan fingerprint density at radius 3 is 1.65 bits per heavy atom. The highest BCUT2D eigenvalue weighted by Gasteiger charge is 2.46. The number of aromatic nitrogens is 2. The van der Waals surface area contributed by atoms with Crippen LogP contribution in [0.25, 0.3) is 0 Å². The maximum absolute atomic E-state index is 12.9. The molecule has 0 bridgehead atoms. The van der Waals surface area contributed by atoms with E-state index in [1.54, 1.807) is 0 Å². The molecule has 1 aliphatic heterocycles. The summed E-state index contributed by atoms with van der Waals surface area (Å²) in [6.07, 6.45) is 29.9. The van der Waals surface area contributed by atoms with E-state index in [0.717, 1.165) is 48.8 Å². The van der Waals surface area contributed by atoms with Crippen LogP contribution in [0.5, 0.6) is 0 Å². The number of nitrogens with zero attached hydrogens (tertiary/aromatic N) is 2. The monoisotopic (exact) mass is 984 g/mol. The fourth-order valence-corrected chi connectivity index (χ4v) is 11.0. The molecule has 0 radical (unpaired) electrons. The van der Waals surface area contributed by atoms with E-state index in [1.807, 2.05) is 0 Å². The highest BCUT2D eigenvalue weighted by Crippen LogP contribution is 2.60. The fraction of sp³-hybridized carbons (Fsp3) is 0.891. The topological polar surface area (TPSA) is 239 Å². The van der Waals surface area contributed by atoms with Crippen molar-refractivity contribution in [3.8, 4) is 0 Å². The summed E-state index contributed by atoms with van der Waals surface area (Å²) in [5.74, 6) is 0.546. The Bertz CT molecular complexity index is 1530. The first-order valence-corrected chi connectivity index (χ1v) is 29.2. The molecule has 19 heteroatoms. The number of nitrogens with two attached hydrogens (primary N) is 1. The summed E-state index contributed by atoms with van der Waals surface area (Å²) in [4.78, 5) is 49.3. The molecule has 7 unspecified atom stereocenters. The number of thioether (sulfide) groups is 1. The van der Waals surface area contributed by atoms with Gasteiger partial charge in [0.05, 0.1) is 13.2 Å². The molecule has 7 atom stereocenters. The lowest BCUT2D eigenvalue weighted by Crippen LogP contribution is -2.36. The van der Waals surface area contributed by atoms with Crippen molar-refractivity contribution in [3.05, 3.63) is 22.7 Å². The SMILES string of the molecule is CCCCCCCCCCCCCCCCCC(=O)OC(COP(=O)(O)OP(=O)(O)OCC1OC(n2ccc(N)nc2=O)C(O)C1O)CSCCCCCCCCCCCCCCCC. The van der Waals surface area contributed by atoms with E-state index in [-0.39, 0.29) is 18.0 Å². The molecule has 1 fully saturated rings. The second-order valence-corrected chi connectivity index (χ2v) is 21.9. The van der Waals surface area contributed by atoms with Crippen molar-refractivity contribution in [2.24, 2.45) is 0 Å². The van der Waals surface area contributed by atoms with Crippen LogP contribution in [-0.2, 0) is 36.8 Å². The lowest BCUT2D eigenvalue weighted by atomic mass is 10.0. The van der Waals surface area contributed by atoms with Gasteiger partial charge in [0.1, 0.15) is 30.2 Å². The second kappa shape index (κ2) is 36.6. The van der Waals surface area contributed by atoms with Crippen LogP contribution in [0.4, 0.5) is 5.82 Å². The molecule has 2 rings (SSSR count). The Hall–Kier alpha value is -1.36. The molecule has 0 aliphatic carbocycles. The number of phosphoric acid groups is 2. The Balaban J connectivity index is 1.76. The number of nitrogen functional groups attached to an aromatic ring is 1. The number of phosphoric ester groups is 2. The molecule has 0 spiro atoms. The summed E-state index contributed by atoms with van der Waals surface area (Å²) in [5, 5.41) is 20.9. The van der Waals surface area contributed by atoms with Gasteiger partial charge in [0.15, 0.2) is 6.23 Å². The number of carbonyl (C=O) groups excluding carboxylic acids is 1. The standard InChI is InChI=1S/C46H87N3O13P2S/c1-3-5-7-9-11-13-15-17-19-20-22-24-26-28-30-32-42(50)60-39(38-65-35-31-29-27-25-23-21-18-16-14-12-10-8-6-4-2)36-58-63(54,55)62-64(56,57)59-37-40-43(51)44(52)45(61-40)49-34-33-41(47)48-46(49)53/h33-34,39-40,43-45,51-52H,3-32,35-38H2,1-2H3,(H,54,55)(H,56,57)(H2,47,48,53). The van der Waals surface area contributed by atoms with Gasteiger partial charge in [-0.3, -0.25) is 18.4 Å². The fourth-order valence-electron chi connectivity index (χ4n) is 7.85. The normalized spacial score (nSPS) is 19.8. The van der Waals surface area contributed by atoms with Crippen LogP contribution in [0, 0.1) is 0 Å². The minimum Gasteiger partial charge on any atom is -0.459 e. The van der Waals surface area contributed by atoms with E-state index in [2.05, 4.69) is 23.1 Å². The molecule has 0 saturated carbocycles. The van der Waals surface area contributed by atoms with Gasteiger partial charge < -0.3 is 35.2 Å². The maximum Gasteiger partial charge on any atom is 0.481 e. The predicted octanol–water partition coefficient (Wildman–Crippen LogP) is 11.1. The Labute approximate surface area is 394 Å². The molecule has 1 aliphatic rings. The van der Waals surface area contributed by atoms with E-state index in [1.165, 1.54) is 165 Å². The third kappa shape index (κ3) is 29.3. The number of hydrogen-bond acceptors (Lipinski definition) is 14. The summed E-state index contributed by atoms with van der Waals surface area (Å²) in [7, 11) is -10.6. The summed E-state index contributed by atoms with van der Waals surface area (Å²) < 4.78 is 52.0. The quantitative estimate of drug-likeness (QED) is 0.0232. The van der Waals surface area contributed by atoms with Crippen molar-refractivity contribution < 1.29 is 56.8 Å². The van der Waals surface area contributed by atoms with Gasteiger partial charge in [0.2, 0.25) is 0 Å². The molecule has 65 heavy (non-hydrogen) atoms. The first kappa shape index (κ1) is 59.8. The zero-order chi connectivity index (χ0) is 47.6.